The van der Waals surface area contributed by atoms with E-state index in [4.69, 9.17) is 19.6 Å². The molecular weight excluding hydrogens is 606 g/mol. The van der Waals surface area contributed by atoms with Crippen LogP contribution in [0.3, 0.4) is 0 Å². The number of carbonyl (C=O) groups is 1. The molecule has 46 heavy (non-hydrogen) atoms. The Balaban J connectivity index is 1.20. The van der Waals surface area contributed by atoms with E-state index >= 15 is 0 Å². The summed E-state index contributed by atoms with van der Waals surface area (Å²) in [6.07, 6.45) is 6.69. The maximum absolute atomic E-state index is 13.8. The third-order valence-electron chi connectivity index (χ3n) is 10.3. The number of nitrogens with zero attached hydrogens (tertiary/aromatic N) is 6. The fourth-order valence-corrected chi connectivity index (χ4v) is 8.57. The third kappa shape index (κ3) is 6.40. The quantitative estimate of drug-likeness (QED) is 0.371. The molecule has 0 bridgehead atoms. The van der Waals surface area contributed by atoms with E-state index in [0.717, 1.165) is 100 Å². The molecule has 1 aromatic carbocycles. The summed E-state index contributed by atoms with van der Waals surface area (Å²) in [5.41, 5.74) is 3.42. The van der Waals surface area contributed by atoms with Crippen molar-refractivity contribution in [1.82, 2.24) is 28.7 Å². The Morgan fingerprint density at radius 3 is 2.35 bits per heavy atom. The molecule has 13 heteroatoms. The van der Waals surface area contributed by atoms with Crippen LogP contribution in [0.4, 0.5) is 5.69 Å². The predicted molar refractivity (Wildman–Crippen MR) is 176 cm³/mol. The zero-order valence-corrected chi connectivity index (χ0v) is 27.5. The molecule has 0 radical (unpaired) electrons. The fraction of sp³-hybridized carbons (Fsp3) is 0.606. The van der Waals surface area contributed by atoms with Crippen LogP contribution in [-0.4, -0.2) is 111 Å². The molecule has 4 fully saturated rings. The molecule has 0 unspecified atom stereocenters. The number of rotatable bonds is 9. The first-order valence-electron chi connectivity index (χ1n) is 16.8. The van der Waals surface area contributed by atoms with Crippen molar-refractivity contribution in [3.05, 3.63) is 47.8 Å². The minimum atomic E-state index is -4.05. The summed E-state index contributed by atoms with van der Waals surface area (Å²) in [5, 5.41) is 6.07. The molecule has 1 amide bonds. The molecular formula is C33H45N7O5S. The molecule has 2 aromatic heterocycles. The van der Waals surface area contributed by atoms with Crippen molar-refractivity contribution in [2.75, 3.05) is 71.1 Å². The Kier molecular flexibility index (Phi) is 9.28. The number of hydrogen-bond acceptors (Lipinski definition) is 9. The first-order chi connectivity index (χ1) is 22.4. The molecule has 5 heterocycles. The second-order valence-corrected chi connectivity index (χ2v) is 14.8. The van der Waals surface area contributed by atoms with Crippen molar-refractivity contribution in [2.45, 2.75) is 56.9 Å². The normalized spacial score (nSPS) is 21.5. The summed E-state index contributed by atoms with van der Waals surface area (Å²) >= 11 is 0. The Morgan fingerprint density at radius 1 is 0.978 bits per heavy atom. The average Bonchev–Trinajstić information content (AvgIpc) is 3.43. The van der Waals surface area contributed by atoms with Gasteiger partial charge in [0, 0.05) is 64.9 Å². The number of anilines is 1. The van der Waals surface area contributed by atoms with Gasteiger partial charge in [0.15, 0.2) is 5.65 Å². The lowest BCUT2D eigenvalue weighted by Crippen LogP contribution is -2.52. The lowest BCUT2D eigenvalue weighted by atomic mass is 9.82. The van der Waals surface area contributed by atoms with Crippen molar-refractivity contribution in [3.8, 4) is 5.69 Å². The van der Waals surface area contributed by atoms with Crippen LogP contribution in [0.5, 0.6) is 0 Å². The SMILES string of the molecule is COCC1CCN(c2cc(C(=O)NS(=O)(=O)N3CCC(N4CCOCC4)CC3)nc3c2c(C2CCC2)nn3-c2ccccc2)CC1. The standard InChI is InChI=1S/C33H45N7O5S/c1-44-23-24-10-14-38(15-11-24)29-22-28(33(41)36-46(42,43)39-16-12-26(13-17-39)37-18-20-45-21-19-37)34-32-30(29)31(25-6-5-7-25)35-40(32)27-8-3-2-4-9-27/h2-4,8-9,22,24-26H,5-7,10-21,23H2,1H3,(H,36,41). The van der Waals surface area contributed by atoms with Gasteiger partial charge >= 0.3 is 10.2 Å². The molecule has 248 valence electrons. The lowest BCUT2D eigenvalue weighted by molar-refractivity contribution is 0.00604. The first-order valence-corrected chi connectivity index (χ1v) is 18.2. The van der Waals surface area contributed by atoms with Crippen LogP contribution in [0.25, 0.3) is 16.7 Å². The van der Waals surface area contributed by atoms with E-state index in [-0.39, 0.29) is 5.69 Å². The van der Waals surface area contributed by atoms with Gasteiger partial charge in [0.2, 0.25) is 0 Å². The number of nitrogens with one attached hydrogen (secondary N) is 1. The highest BCUT2D eigenvalue weighted by Gasteiger charge is 2.35. The van der Waals surface area contributed by atoms with E-state index in [1.807, 2.05) is 35.0 Å². The van der Waals surface area contributed by atoms with E-state index in [2.05, 4.69) is 14.5 Å². The van der Waals surface area contributed by atoms with E-state index in [1.54, 1.807) is 13.2 Å². The molecule has 3 aromatic rings. The monoisotopic (exact) mass is 651 g/mol. The van der Waals surface area contributed by atoms with Crippen LogP contribution in [0, 0.1) is 5.92 Å². The van der Waals surface area contributed by atoms with Crippen molar-refractivity contribution in [1.29, 1.82) is 0 Å². The number of methoxy groups -OCH3 is 1. The lowest BCUT2D eigenvalue weighted by Gasteiger charge is -2.39. The minimum Gasteiger partial charge on any atom is -0.384 e. The van der Waals surface area contributed by atoms with Crippen molar-refractivity contribution >= 4 is 32.8 Å². The number of fused-ring (bicyclic) bond motifs is 1. The van der Waals surface area contributed by atoms with E-state index in [9.17, 15) is 13.2 Å². The molecule has 1 N–H and O–H groups in total. The van der Waals surface area contributed by atoms with Crippen LogP contribution in [0.1, 0.15) is 67.0 Å². The molecule has 1 saturated carbocycles. The van der Waals surface area contributed by atoms with Gasteiger partial charge in [-0.15, -0.1) is 0 Å². The van der Waals surface area contributed by atoms with Gasteiger partial charge in [0.05, 0.1) is 35.7 Å². The predicted octanol–water partition coefficient (Wildman–Crippen LogP) is 3.32. The number of benzene rings is 1. The maximum Gasteiger partial charge on any atom is 0.304 e. The molecule has 4 aliphatic rings. The summed E-state index contributed by atoms with van der Waals surface area (Å²) in [4.78, 5) is 23.4. The number of hydrogen-bond donors (Lipinski definition) is 1. The summed E-state index contributed by atoms with van der Waals surface area (Å²) in [7, 11) is -2.31. The van der Waals surface area contributed by atoms with Crippen molar-refractivity contribution < 1.29 is 22.7 Å². The van der Waals surface area contributed by atoms with Crippen LogP contribution < -0.4 is 9.62 Å². The topological polar surface area (TPSA) is 122 Å². The van der Waals surface area contributed by atoms with Gasteiger partial charge < -0.3 is 14.4 Å². The van der Waals surface area contributed by atoms with Gasteiger partial charge in [-0.1, -0.05) is 24.6 Å². The van der Waals surface area contributed by atoms with Crippen molar-refractivity contribution in [3.63, 3.8) is 0 Å². The number of amides is 1. The summed E-state index contributed by atoms with van der Waals surface area (Å²) in [5.74, 6) is 0.0928. The molecule has 1 aliphatic carbocycles. The molecule has 3 aliphatic heterocycles. The zero-order valence-electron chi connectivity index (χ0n) is 26.6. The highest BCUT2D eigenvalue weighted by Crippen LogP contribution is 2.43. The summed E-state index contributed by atoms with van der Waals surface area (Å²) < 4.78 is 43.5. The van der Waals surface area contributed by atoms with Crippen LogP contribution in [-0.2, 0) is 19.7 Å². The molecule has 12 nitrogen and oxygen atoms in total. The van der Waals surface area contributed by atoms with Gasteiger partial charge in [-0.05, 0) is 62.6 Å². The fourth-order valence-electron chi connectivity index (χ4n) is 7.41. The van der Waals surface area contributed by atoms with Crippen molar-refractivity contribution in [2.24, 2.45) is 5.92 Å². The summed E-state index contributed by atoms with van der Waals surface area (Å²) in [6.45, 7) is 6.25. The highest BCUT2D eigenvalue weighted by atomic mass is 32.2. The summed E-state index contributed by atoms with van der Waals surface area (Å²) in [6, 6.07) is 11.9. The van der Waals surface area contributed by atoms with Gasteiger partial charge in [0.1, 0.15) is 5.69 Å². The van der Waals surface area contributed by atoms with Gasteiger partial charge in [-0.2, -0.15) is 17.8 Å². The second-order valence-electron chi connectivity index (χ2n) is 13.1. The molecule has 0 spiro atoms. The molecule has 3 saturated heterocycles. The van der Waals surface area contributed by atoms with Gasteiger partial charge in [-0.25, -0.2) is 14.4 Å². The van der Waals surface area contributed by atoms with Crippen LogP contribution >= 0.6 is 0 Å². The molecule has 7 rings (SSSR count). The Bertz CT molecular complexity index is 1620. The number of piperidine rings is 2. The Labute approximate surface area is 271 Å². The maximum atomic E-state index is 13.8. The van der Waals surface area contributed by atoms with E-state index in [0.29, 0.717) is 49.8 Å². The number of para-hydroxylation sites is 1. The third-order valence-corrected chi connectivity index (χ3v) is 11.8. The van der Waals surface area contributed by atoms with E-state index in [1.165, 1.54) is 4.31 Å². The van der Waals surface area contributed by atoms with Gasteiger partial charge in [-0.3, -0.25) is 9.69 Å². The largest absolute Gasteiger partial charge is 0.384 e. The van der Waals surface area contributed by atoms with Gasteiger partial charge in [0.25, 0.3) is 5.91 Å². The first kappa shape index (κ1) is 31.5. The minimum absolute atomic E-state index is 0.0746. The number of carbonyl (C=O) groups excluding carboxylic acids is 1. The van der Waals surface area contributed by atoms with Crippen LogP contribution in [0.2, 0.25) is 0 Å². The number of pyridine rings is 1. The number of ether oxygens (including phenoxy) is 2. The average molecular weight is 652 g/mol. The second kappa shape index (κ2) is 13.6. The Hall–Kier alpha value is -3.10. The number of aromatic nitrogens is 3. The smallest absolute Gasteiger partial charge is 0.304 e. The highest BCUT2D eigenvalue weighted by molar-refractivity contribution is 7.87. The number of morpholine rings is 1. The zero-order chi connectivity index (χ0) is 31.7. The molecule has 0 atom stereocenters. The Morgan fingerprint density at radius 2 is 1.70 bits per heavy atom. The van der Waals surface area contributed by atoms with Crippen LogP contribution in [0.15, 0.2) is 36.4 Å². The van der Waals surface area contributed by atoms with E-state index < -0.39 is 16.1 Å².